The topological polar surface area (TPSA) is 24.1 Å². The van der Waals surface area contributed by atoms with Gasteiger partial charge in [0.15, 0.2) is 0 Å². The van der Waals surface area contributed by atoms with Gasteiger partial charge in [-0.25, -0.2) is 0 Å². The van der Waals surface area contributed by atoms with Gasteiger partial charge < -0.3 is 10.6 Å². The maximum absolute atomic E-state index is 3.53. The predicted octanol–water partition coefficient (Wildman–Crippen LogP) is 3.31. The van der Waals surface area contributed by atoms with E-state index in [2.05, 4.69) is 78.5 Å². The molecule has 0 saturated heterocycles. The lowest BCUT2D eigenvalue weighted by atomic mass is 9.84. The SMILES string of the molecule is CC(C)NCCNCC(C)(C)c1cccc(Br)c1. The highest BCUT2D eigenvalue weighted by Crippen LogP contribution is 2.24. The zero-order chi connectivity index (χ0) is 13.6. The number of nitrogens with one attached hydrogen (secondary N) is 2. The van der Waals surface area contributed by atoms with Crippen molar-refractivity contribution in [1.82, 2.24) is 10.6 Å². The van der Waals surface area contributed by atoms with E-state index in [1.165, 1.54) is 5.56 Å². The van der Waals surface area contributed by atoms with Gasteiger partial charge in [0, 0.05) is 35.6 Å². The molecule has 0 radical (unpaired) electrons. The summed E-state index contributed by atoms with van der Waals surface area (Å²) < 4.78 is 1.15. The molecule has 0 spiro atoms. The average Bonchev–Trinajstić information content (AvgIpc) is 2.28. The second-order valence-electron chi connectivity index (χ2n) is 5.68. The highest BCUT2D eigenvalue weighted by atomic mass is 79.9. The van der Waals surface area contributed by atoms with Gasteiger partial charge in [-0.2, -0.15) is 0 Å². The summed E-state index contributed by atoms with van der Waals surface area (Å²) in [5.74, 6) is 0. The molecular weight excluding hydrogens is 288 g/mol. The molecule has 0 unspecified atom stereocenters. The first-order valence-electron chi connectivity index (χ1n) is 6.62. The number of hydrogen-bond donors (Lipinski definition) is 2. The maximum Gasteiger partial charge on any atom is 0.0178 e. The lowest BCUT2D eigenvalue weighted by molar-refractivity contribution is 0.458. The van der Waals surface area contributed by atoms with Gasteiger partial charge in [0.05, 0.1) is 0 Å². The maximum atomic E-state index is 3.53. The van der Waals surface area contributed by atoms with Gasteiger partial charge in [0.1, 0.15) is 0 Å². The molecule has 0 aliphatic carbocycles. The zero-order valence-electron chi connectivity index (χ0n) is 11.9. The fourth-order valence-electron chi connectivity index (χ4n) is 1.86. The van der Waals surface area contributed by atoms with E-state index in [0.717, 1.165) is 24.1 Å². The van der Waals surface area contributed by atoms with Gasteiger partial charge >= 0.3 is 0 Å². The first-order valence-corrected chi connectivity index (χ1v) is 7.41. The Labute approximate surface area is 120 Å². The van der Waals surface area contributed by atoms with E-state index in [-0.39, 0.29) is 5.41 Å². The first kappa shape index (κ1) is 15.7. The Balaban J connectivity index is 2.40. The van der Waals surface area contributed by atoms with Crippen molar-refractivity contribution in [2.45, 2.75) is 39.2 Å². The smallest absolute Gasteiger partial charge is 0.0178 e. The molecule has 0 aromatic heterocycles. The lowest BCUT2D eigenvalue weighted by Gasteiger charge is -2.26. The average molecular weight is 313 g/mol. The highest BCUT2D eigenvalue weighted by molar-refractivity contribution is 9.10. The third-order valence-corrected chi connectivity index (χ3v) is 3.52. The summed E-state index contributed by atoms with van der Waals surface area (Å²) in [5.41, 5.74) is 1.52. The molecular formula is C15H25BrN2. The van der Waals surface area contributed by atoms with Crippen LogP contribution in [0.2, 0.25) is 0 Å². The fourth-order valence-corrected chi connectivity index (χ4v) is 2.26. The fraction of sp³-hybridized carbons (Fsp3) is 0.600. The van der Waals surface area contributed by atoms with Gasteiger partial charge in [-0.15, -0.1) is 0 Å². The Morgan fingerprint density at radius 2 is 1.94 bits per heavy atom. The number of hydrogen-bond acceptors (Lipinski definition) is 2. The molecule has 0 atom stereocenters. The van der Waals surface area contributed by atoms with Crippen molar-refractivity contribution in [3.63, 3.8) is 0 Å². The van der Waals surface area contributed by atoms with Crippen LogP contribution in [0.3, 0.4) is 0 Å². The van der Waals surface area contributed by atoms with E-state index in [1.807, 2.05) is 0 Å². The van der Waals surface area contributed by atoms with Crippen molar-refractivity contribution >= 4 is 15.9 Å². The van der Waals surface area contributed by atoms with Crippen LogP contribution >= 0.6 is 15.9 Å². The third-order valence-electron chi connectivity index (χ3n) is 3.03. The monoisotopic (exact) mass is 312 g/mol. The first-order chi connectivity index (χ1) is 8.42. The number of rotatable bonds is 7. The van der Waals surface area contributed by atoms with Crippen LogP contribution in [-0.4, -0.2) is 25.7 Å². The molecule has 1 aromatic carbocycles. The summed E-state index contributed by atoms with van der Waals surface area (Å²) in [6.45, 7) is 11.9. The summed E-state index contributed by atoms with van der Waals surface area (Å²) >= 11 is 3.53. The lowest BCUT2D eigenvalue weighted by Crippen LogP contribution is -2.38. The minimum Gasteiger partial charge on any atom is -0.315 e. The highest BCUT2D eigenvalue weighted by Gasteiger charge is 2.19. The Bertz CT molecular complexity index is 361. The van der Waals surface area contributed by atoms with E-state index in [1.54, 1.807) is 0 Å². The summed E-state index contributed by atoms with van der Waals surface area (Å²) in [5, 5.41) is 6.93. The Morgan fingerprint density at radius 1 is 1.22 bits per heavy atom. The second kappa shape index (κ2) is 7.27. The third kappa shape index (κ3) is 5.51. The van der Waals surface area contributed by atoms with Crippen molar-refractivity contribution in [2.75, 3.05) is 19.6 Å². The normalized spacial score (nSPS) is 12.1. The molecule has 2 N–H and O–H groups in total. The van der Waals surface area contributed by atoms with Crippen LogP contribution in [0.5, 0.6) is 0 Å². The number of benzene rings is 1. The molecule has 3 heteroatoms. The van der Waals surface area contributed by atoms with Gasteiger partial charge in [0.25, 0.3) is 0 Å². The van der Waals surface area contributed by atoms with E-state index in [0.29, 0.717) is 6.04 Å². The molecule has 0 aliphatic rings. The summed E-state index contributed by atoms with van der Waals surface area (Å²) in [4.78, 5) is 0. The largest absolute Gasteiger partial charge is 0.315 e. The van der Waals surface area contributed by atoms with E-state index in [4.69, 9.17) is 0 Å². The molecule has 1 aromatic rings. The van der Waals surface area contributed by atoms with Gasteiger partial charge in [-0.1, -0.05) is 55.8 Å². The van der Waals surface area contributed by atoms with Crippen molar-refractivity contribution in [1.29, 1.82) is 0 Å². The number of halogens is 1. The zero-order valence-corrected chi connectivity index (χ0v) is 13.5. The van der Waals surface area contributed by atoms with Crippen LogP contribution in [0.15, 0.2) is 28.7 Å². The summed E-state index contributed by atoms with van der Waals surface area (Å²) in [6, 6.07) is 9.12. The van der Waals surface area contributed by atoms with Crippen LogP contribution in [0.4, 0.5) is 0 Å². The molecule has 1 rings (SSSR count). The van der Waals surface area contributed by atoms with Crippen molar-refractivity contribution in [3.8, 4) is 0 Å². The molecule has 0 fully saturated rings. The molecule has 0 amide bonds. The predicted molar refractivity (Wildman–Crippen MR) is 83.2 cm³/mol. The van der Waals surface area contributed by atoms with Gasteiger partial charge in [0.2, 0.25) is 0 Å². The molecule has 0 heterocycles. The molecule has 18 heavy (non-hydrogen) atoms. The Morgan fingerprint density at radius 3 is 2.56 bits per heavy atom. The van der Waals surface area contributed by atoms with Gasteiger partial charge in [-0.05, 0) is 17.7 Å². The Kier molecular flexibility index (Phi) is 6.33. The minimum absolute atomic E-state index is 0.154. The molecule has 0 aliphatic heterocycles. The molecule has 0 bridgehead atoms. The van der Waals surface area contributed by atoms with Crippen LogP contribution < -0.4 is 10.6 Å². The Hall–Kier alpha value is -0.380. The van der Waals surface area contributed by atoms with E-state index < -0.39 is 0 Å². The minimum atomic E-state index is 0.154. The van der Waals surface area contributed by atoms with Crippen LogP contribution in [0.25, 0.3) is 0 Å². The summed E-state index contributed by atoms with van der Waals surface area (Å²) in [6.07, 6.45) is 0. The van der Waals surface area contributed by atoms with Crippen molar-refractivity contribution in [2.24, 2.45) is 0 Å². The molecule has 0 saturated carbocycles. The van der Waals surface area contributed by atoms with Crippen molar-refractivity contribution in [3.05, 3.63) is 34.3 Å². The van der Waals surface area contributed by atoms with Gasteiger partial charge in [-0.3, -0.25) is 0 Å². The van der Waals surface area contributed by atoms with E-state index >= 15 is 0 Å². The second-order valence-corrected chi connectivity index (χ2v) is 6.60. The van der Waals surface area contributed by atoms with E-state index in [9.17, 15) is 0 Å². The standard InChI is InChI=1S/C15H25BrN2/c1-12(2)18-9-8-17-11-15(3,4)13-6-5-7-14(16)10-13/h5-7,10,12,17-18H,8-9,11H2,1-4H3. The molecule has 2 nitrogen and oxygen atoms in total. The quantitative estimate of drug-likeness (QED) is 0.755. The molecule has 102 valence electrons. The van der Waals surface area contributed by atoms with Crippen molar-refractivity contribution < 1.29 is 0 Å². The van der Waals surface area contributed by atoms with Crippen LogP contribution in [0, 0.1) is 0 Å². The van der Waals surface area contributed by atoms with Crippen LogP contribution in [-0.2, 0) is 5.41 Å². The summed E-state index contributed by atoms with van der Waals surface area (Å²) in [7, 11) is 0. The van der Waals surface area contributed by atoms with Crippen LogP contribution in [0.1, 0.15) is 33.3 Å².